The number of hydrogen-bond acceptors (Lipinski definition) is 6. The van der Waals surface area contributed by atoms with Crippen LogP contribution < -0.4 is 0 Å². The lowest BCUT2D eigenvalue weighted by atomic mass is 9.72. The van der Waals surface area contributed by atoms with Gasteiger partial charge in [0.1, 0.15) is 0 Å². The smallest absolute Gasteiger partial charge is 0.340 e. The van der Waals surface area contributed by atoms with Crippen molar-refractivity contribution >= 4 is 28.4 Å². The second-order valence-corrected chi connectivity index (χ2v) is 9.15. The third kappa shape index (κ3) is 4.38. The second-order valence-electron chi connectivity index (χ2n) is 9.15. The minimum absolute atomic E-state index is 0.132. The quantitative estimate of drug-likeness (QED) is 0.296. The van der Waals surface area contributed by atoms with Crippen LogP contribution in [0.2, 0.25) is 0 Å². The van der Waals surface area contributed by atoms with E-state index >= 15 is 0 Å². The summed E-state index contributed by atoms with van der Waals surface area (Å²) in [6.07, 6.45) is 1.29. The van der Waals surface area contributed by atoms with Gasteiger partial charge in [-0.3, -0.25) is 4.98 Å². The first-order valence-electron chi connectivity index (χ1n) is 11.2. The van der Waals surface area contributed by atoms with E-state index in [1.54, 1.807) is 6.92 Å². The molecule has 1 aliphatic rings. The summed E-state index contributed by atoms with van der Waals surface area (Å²) in [5, 5.41) is 6.30. The fraction of sp³-hybridized carbons (Fsp3) is 0.333. The van der Waals surface area contributed by atoms with E-state index in [-0.39, 0.29) is 12.0 Å². The van der Waals surface area contributed by atoms with Gasteiger partial charge in [0.15, 0.2) is 0 Å². The molecule has 0 N–H and O–H groups in total. The molecule has 2 aromatic carbocycles. The number of aryl methyl sites for hydroxylation is 1. The third-order valence-electron chi connectivity index (χ3n) is 5.86. The van der Waals surface area contributed by atoms with E-state index in [1.165, 1.54) is 6.92 Å². The van der Waals surface area contributed by atoms with E-state index in [9.17, 15) is 9.59 Å². The number of benzene rings is 2. The largest absolute Gasteiger partial charge is 0.462 e. The highest BCUT2D eigenvalue weighted by atomic mass is 16.7. The van der Waals surface area contributed by atoms with E-state index < -0.39 is 11.9 Å². The van der Waals surface area contributed by atoms with Crippen molar-refractivity contribution in [3.63, 3.8) is 0 Å². The Labute approximate surface area is 193 Å². The number of nitrogens with zero attached hydrogens (tertiary/aromatic N) is 2. The van der Waals surface area contributed by atoms with Crippen molar-refractivity contribution in [2.75, 3.05) is 6.61 Å². The average molecular weight is 445 g/mol. The molecule has 0 bridgehead atoms. The van der Waals surface area contributed by atoms with Gasteiger partial charge in [0, 0.05) is 18.1 Å². The Bertz CT molecular complexity index is 1290. The zero-order chi connectivity index (χ0) is 23.8. The lowest BCUT2D eigenvalue weighted by molar-refractivity contribution is -0.140. The summed E-state index contributed by atoms with van der Waals surface area (Å²) in [5.41, 5.74) is 4.72. The Morgan fingerprint density at radius 1 is 1.06 bits per heavy atom. The predicted octanol–water partition coefficient (Wildman–Crippen LogP) is 5.63. The summed E-state index contributed by atoms with van der Waals surface area (Å²) >= 11 is 0. The van der Waals surface area contributed by atoms with Crippen molar-refractivity contribution in [3.8, 4) is 11.1 Å². The molecule has 0 atom stereocenters. The molecule has 6 nitrogen and oxygen atoms in total. The van der Waals surface area contributed by atoms with E-state index in [4.69, 9.17) is 14.6 Å². The van der Waals surface area contributed by atoms with Crippen LogP contribution in [0, 0.1) is 12.3 Å². The molecule has 1 aliphatic carbocycles. The Kier molecular flexibility index (Phi) is 6.02. The number of oxime groups is 1. The van der Waals surface area contributed by atoms with Crippen LogP contribution in [0.1, 0.15) is 61.4 Å². The first-order valence-corrected chi connectivity index (χ1v) is 11.2. The van der Waals surface area contributed by atoms with Gasteiger partial charge in [0.25, 0.3) is 0 Å². The minimum atomic E-state index is -0.496. The highest BCUT2D eigenvalue weighted by molar-refractivity contribution is 6.15. The van der Waals surface area contributed by atoms with Crippen LogP contribution in [0.25, 0.3) is 21.9 Å². The molecule has 4 rings (SSSR count). The lowest BCUT2D eigenvalue weighted by Crippen LogP contribution is -2.31. The molecular formula is C27H28N2O4. The molecule has 3 aromatic rings. The van der Waals surface area contributed by atoms with Gasteiger partial charge in [-0.1, -0.05) is 61.5 Å². The van der Waals surface area contributed by atoms with Crippen LogP contribution in [-0.2, 0) is 20.8 Å². The van der Waals surface area contributed by atoms with Crippen molar-refractivity contribution in [1.82, 2.24) is 4.98 Å². The summed E-state index contributed by atoms with van der Waals surface area (Å²) in [7, 11) is 0. The maximum atomic E-state index is 13.2. The normalized spacial score (nSPS) is 15.8. The fourth-order valence-corrected chi connectivity index (χ4v) is 4.62. The Balaban J connectivity index is 2.13. The van der Waals surface area contributed by atoms with Crippen LogP contribution >= 0.6 is 0 Å². The number of fused-ring (bicyclic) bond motifs is 2. The molecular weight excluding hydrogens is 416 g/mol. The monoisotopic (exact) mass is 444 g/mol. The SMILES string of the molecule is CCOC(=O)c1c(C)nc2c(c1-c1cccc3ccccc13)/C(=N/OC(C)=O)CC(C)(C)C2. The van der Waals surface area contributed by atoms with Crippen molar-refractivity contribution in [3.05, 3.63) is 65.0 Å². The van der Waals surface area contributed by atoms with Gasteiger partial charge >= 0.3 is 11.9 Å². The molecule has 1 heterocycles. The maximum Gasteiger partial charge on any atom is 0.340 e. The molecule has 170 valence electrons. The maximum absolute atomic E-state index is 13.2. The summed E-state index contributed by atoms with van der Waals surface area (Å²) in [6, 6.07) is 14.1. The number of hydrogen-bond donors (Lipinski definition) is 0. The van der Waals surface area contributed by atoms with Gasteiger partial charge in [0.05, 0.1) is 29.3 Å². The topological polar surface area (TPSA) is 77.8 Å². The highest BCUT2D eigenvalue weighted by Crippen LogP contribution is 2.43. The number of carbonyl (C=O) groups is 2. The predicted molar refractivity (Wildman–Crippen MR) is 128 cm³/mol. The third-order valence-corrected chi connectivity index (χ3v) is 5.86. The van der Waals surface area contributed by atoms with Crippen LogP contribution in [0.4, 0.5) is 0 Å². The Hall–Kier alpha value is -3.54. The van der Waals surface area contributed by atoms with E-state index in [0.717, 1.165) is 33.2 Å². The van der Waals surface area contributed by atoms with Crippen molar-refractivity contribution in [1.29, 1.82) is 0 Å². The molecule has 6 heteroatoms. The Morgan fingerprint density at radius 3 is 2.52 bits per heavy atom. The van der Waals surface area contributed by atoms with Crippen LogP contribution in [0.3, 0.4) is 0 Å². The zero-order valence-electron chi connectivity index (χ0n) is 19.7. The minimum Gasteiger partial charge on any atom is -0.462 e. The molecule has 33 heavy (non-hydrogen) atoms. The van der Waals surface area contributed by atoms with Crippen molar-refractivity contribution in [2.24, 2.45) is 10.6 Å². The summed E-state index contributed by atoms with van der Waals surface area (Å²) in [4.78, 5) is 34.7. The number of rotatable bonds is 4. The van der Waals surface area contributed by atoms with Crippen LogP contribution in [0.15, 0.2) is 47.6 Å². The van der Waals surface area contributed by atoms with E-state index in [1.807, 2.05) is 49.4 Å². The van der Waals surface area contributed by atoms with Crippen LogP contribution in [0.5, 0.6) is 0 Å². The molecule has 0 saturated heterocycles. The average Bonchev–Trinajstić information content (AvgIpc) is 2.75. The van der Waals surface area contributed by atoms with Gasteiger partial charge in [-0.15, -0.1) is 0 Å². The van der Waals surface area contributed by atoms with Crippen LogP contribution in [-0.4, -0.2) is 29.2 Å². The summed E-state index contributed by atoms with van der Waals surface area (Å²) < 4.78 is 5.44. The molecule has 0 aliphatic heterocycles. The number of carbonyl (C=O) groups excluding carboxylic acids is 2. The van der Waals surface area contributed by atoms with Gasteiger partial charge in [0.2, 0.25) is 0 Å². The second kappa shape index (κ2) is 8.77. The summed E-state index contributed by atoms with van der Waals surface area (Å²) in [5.74, 6) is -0.922. The van der Waals surface area contributed by atoms with Gasteiger partial charge in [-0.2, -0.15) is 0 Å². The standard InChI is InChI=1S/C27H28N2O4/c1-6-32-26(31)23-16(2)28-21-14-27(4,5)15-22(29-33-17(3)30)25(21)24(23)20-13-9-11-18-10-7-8-12-19(18)20/h7-13H,6,14-15H2,1-5H3/b29-22+. The lowest BCUT2D eigenvalue weighted by Gasteiger charge is -2.33. The van der Waals surface area contributed by atoms with Gasteiger partial charge in [-0.05, 0) is 48.4 Å². The molecule has 0 spiro atoms. The molecule has 0 amide bonds. The van der Waals surface area contributed by atoms with Crippen molar-refractivity contribution in [2.45, 2.75) is 47.5 Å². The molecule has 0 saturated carbocycles. The summed E-state index contributed by atoms with van der Waals surface area (Å²) in [6.45, 7) is 9.46. The first kappa shape index (κ1) is 22.6. The van der Waals surface area contributed by atoms with Gasteiger partial charge in [-0.25, -0.2) is 9.59 Å². The molecule has 0 unspecified atom stereocenters. The number of ether oxygens (including phenoxy) is 1. The van der Waals surface area contributed by atoms with Gasteiger partial charge < -0.3 is 9.57 Å². The van der Waals surface area contributed by atoms with Crippen molar-refractivity contribution < 1.29 is 19.2 Å². The Morgan fingerprint density at radius 2 is 1.79 bits per heavy atom. The van der Waals surface area contributed by atoms with E-state index in [0.29, 0.717) is 29.8 Å². The van der Waals surface area contributed by atoms with E-state index in [2.05, 4.69) is 19.0 Å². The highest BCUT2D eigenvalue weighted by Gasteiger charge is 2.36. The molecule has 1 aromatic heterocycles. The molecule has 0 radical (unpaired) electrons. The number of pyridine rings is 1. The number of aromatic nitrogens is 1. The number of esters is 1. The molecule has 0 fully saturated rings. The first-order chi connectivity index (χ1) is 15.7. The zero-order valence-corrected chi connectivity index (χ0v) is 19.7. The fourth-order valence-electron chi connectivity index (χ4n) is 4.62.